The Balaban J connectivity index is 1.53. The van der Waals surface area contributed by atoms with E-state index in [1.54, 1.807) is 18.2 Å². The van der Waals surface area contributed by atoms with Crippen molar-refractivity contribution in [3.8, 4) is 28.4 Å². The molecule has 0 unspecified atom stereocenters. The van der Waals surface area contributed by atoms with Crippen molar-refractivity contribution >= 4 is 21.4 Å². The monoisotopic (exact) mass is 479 g/mol. The minimum atomic E-state index is -4.11. The molecule has 2 N–H and O–H groups in total. The first-order chi connectivity index (χ1) is 16.4. The summed E-state index contributed by atoms with van der Waals surface area (Å²) in [6, 6.07) is 12.3. The first kappa shape index (κ1) is 21.5. The number of imidazole rings is 1. The molecule has 3 heterocycles. The molecule has 2 aromatic carbocycles. The van der Waals surface area contributed by atoms with Crippen LogP contribution in [0.15, 0.2) is 65.8 Å². The Morgan fingerprint density at radius 2 is 2.00 bits per heavy atom. The number of hydrogen-bond acceptors (Lipinski definition) is 7. The maximum absolute atomic E-state index is 14.3. The molecule has 3 aromatic heterocycles. The molecule has 0 aliphatic rings. The fourth-order valence-electron chi connectivity index (χ4n) is 3.56. The highest BCUT2D eigenvalue weighted by molar-refractivity contribution is 7.92. The second-order valence-electron chi connectivity index (χ2n) is 7.45. The number of nitrogens with zero attached hydrogens (tertiary/aromatic N) is 5. The van der Waals surface area contributed by atoms with Gasteiger partial charge in [0.25, 0.3) is 10.0 Å². The van der Waals surface area contributed by atoms with Crippen molar-refractivity contribution in [2.45, 2.75) is 11.8 Å². The molecule has 34 heavy (non-hydrogen) atoms. The normalized spacial score (nSPS) is 11.6. The van der Waals surface area contributed by atoms with Crippen LogP contribution in [0.4, 0.5) is 10.1 Å². The quantitative estimate of drug-likeness (QED) is 0.382. The number of hydrogen-bond donors (Lipinski definition) is 2. The van der Waals surface area contributed by atoms with Crippen LogP contribution in [0.1, 0.15) is 5.56 Å². The Labute approximate surface area is 193 Å². The number of benzene rings is 2. The molecule has 0 aliphatic carbocycles. The Bertz CT molecular complexity index is 1620. The largest absolute Gasteiger partial charge is 0.495 e. The topological polar surface area (TPSA) is 127 Å². The highest BCUT2D eigenvalue weighted by Gasteiger charge is 2.21. The lowest BCUT2D eigenvalue weighted by Crippen LogP contribution is -2.14. The van der Waals surface area contributed by atoms with Gasteiger partial charge in [-0.15, -0.1) is 10.2 Å². The van der Waals surface area contributed by atoms with Crippen LogP contribution in [0, 0.1) is 12.7 Å². The number of tetrazole rings is 1. The molecular formula is C22H18FN7O3S. The number of ether oxygens (including phenoxy) is 1. The molecule has 5 aromatic rings. The summed E-state index contributed by atoms with van der Waals surface area (Å²) in [7, 11) is -2.68. The van der Waals surface area contributed by atoms with Crippen molar-refractivity contribution in [2.24, 2.45) is 0 Å². The molecule has 0 spiro atoms. The third-order valence-corrected chi connectivity index (χ3v) is 6.62. The van der Waals surface area contributed by atoms with Gasteiger partial charge in [0.05, 0.1) is 29.0 Å². The highest BCUT2D eigenvalue weighted by Crippen LogP contribution is 2.33. The van der Waals surface area contributed by atoms with Crippen LogP contribution < -0.4 is 9.46 Å². The Morgan fingerprint density at radius 3 is 2.74 bits per heavy atom. The Hall–Kier alpha value is -4.32. The molecular weight excluding hydrogens is 461 g/mol. The summed E-state index contributed by atoms with van der Waals surface area (Å²) in [6.07, 6.45) is 3.75. The maximum Gasteiger partial charge on any atom is 0.262 e. The van der Waals surface area contributed by atoms with Gasteiger partial charge in [-0.2, -0.15) is 5.21 Å². The second kappa shape index (κ2) is 8.23. The molecule has 5 rings (SSSR count). The number of aromatic amines is 1. The number of sulfonamides is 1. The smallest absolute Gasteiger partial charge is 0.262 e. The Kier molecular flexibility index (Phi) is 5.21. The number of pyridine rings is 1. The lowest BCUT2D eigenvalue weighted by Gasteiger charge is -2.13. The van der Waals surface area contributed by atoms with Crippen LogP contribution in [-0.2, 0) is 10.0 Å². The zero-order chi connectivity index (χ0) is 23.9. The van der Waals surface area contributed by atoms with Gasteiger partial charge in [-0.3, -0.25) is 4.72 Å². The zero-order valence-electron chi connectivity index (χ0n) is 18.0. The number of H-pyrrole nitrogens is 1. The molecule has 0 fully saturated rings. The number of nitrogens with one attached hydrogen (secondary N) is 2. The van der Waals surface area contributed by atoms with E-state index >= 15 is 0 Å². The van der Waals surface area contributed by atoms with Crippen LogP contribution in [0.25, 0.3) is 28.3 Å². The summed E-state index contributed by atoms with van der Waals surface area (Å²) < 4.78 is 50.4. The molecule has 0 aliphatic heterocycles. The number of rotatable bonds is 6. The minimum absolute atomic E-state index is 0.0590. The van der Waals surface area contributed by atoms with Crippen molar-refractivity contribution < 1.29 is 17.5 Å². The van der Waals surface area contributed by atoms with Crippen molar-refractivity contribution in [3.63, 3.8) is 0 Å². The van der Waals surface area contributed by atoms with Crippen LogP contribution in [-0.4, -0.2) is 45.5 Å². The van der Waals surface area contributed by atoms with E-state index in [1.165, 1.54) is 7.11 Å². The summed E-state index contributed by atoms with van der Waals surface area (Å²) in [4.78, 5) is 4.49. The number of fused-ring (bicyclic) bond motifs is 1. The lowest BCUT2D eigenvalue weighted by atomic mass is 10.1. The third kappa shape index (κ3) is 3.83. The molecule has 0 saturated heterocycles. The molecule has 10 nitrogen and oxygen atoms in total. The third-order valence-electron chi connectivity index (χ3n) is 5.25. The number of halogens is 1. The SMILES string of the molecule is COc1ccc(-c2cn3cccc(C)c3n2)cc1NS(=O)(=O)c1ccc(F)c(-c2nn[nH]n2)c1. The molecule has 12 heteroatoms. The van der Waals surface area contributed by atoms with E-state index in [9.17, 15) is 12.8 Å². The van der Waals surface area contributed by atoms with Crippen LogP contribution in [0.3, 0.4) is 0 Å². The van der Waals surface area contributed by atoms with E-state index in [2.05, 4.69) is 30.3 Å². The highest BCUT2D eigenvalue weighted by atomic mass is 32.2. The van der Waals surface area contributed by atoms with Crippen LogP contribution in [0.5, 0.6) is 5.75 Å². The van der Waals surface area contributed by atoms with Gasteiger partial charge in [0.1, 0.15) is 17.2 Å². The predicted molar refractivity (Wildman–Crippen MR) is 122 cm³/mol. The predicted octanol–water partition coefficient (Wildman–Crippen LogP) is 3.44. The van der Waals surface area contributed by atoms with E-state index in [1.807, 2.05) is 35.9 Å². The zero-order valence-corrected chi connectivity index (χ0v) is 18.8. The number of aryl methyl sites for hydroxylation is 1. The number of anilines is 1. The van der Waals surface area contributed by atoms with Crippen molar-refractivity contribution in [1.29, 1.82) is 0 Å². The summed E-state index contributed by atoms with van der Waals surface area (Å²) in [5.41, 5.74) is 3.27. The Morgan fingerprint density at radius 1 is 1.15 bits per heavy atom. The van der Waals surface area contributed by atoms with Crippen LogP contribution >= 0.6 is 0 Å². The summed E-state index contributed by atoms with van der Waals surface area (Å²) in [5, 5.41) is 13.0. The first-order valence-corrected chi connectivity index (χ1v) is 11.5. The average molecular weight is 479 g/mol. The average Bonchev–Trinajstić information content (AvgIpc) is 3.50. The second-order valence-corrected chi connectivity index (χ2v) is 9.13. The van der Waals surface area contributed by atoms with Crippen molar-refractivity contribution in [3.05, 3.63) is 72.3 Å². The lowest BCUT2D eigenvalue weighted by molar-refractivity contribution is 0.417. The van der Waals surface area contributed by atoms with Gasteiger partial charge in [0, 0.05) is 18.0 Å². The van der Waals surface area contributed by atoms with E-state index in [-0.39, 0.29) is 22.0 Å². The van der Waals surface area contributed by atoms with E-state index in [0.29, 0.717) is 17.0 Å². The fraction of sp³-hybridized carbons (Fsp3) is 0.0909. The van der Waals surface area contributed by atoms with E-state index in [4.69, 9.17) is 4.74 Å². The van der Waals surface area contributed by atoms with Gasteiger partial charge in [0.2, 0.25) is 5.82 Å². The molecule has 172 valence electrons. The van der Waals surface area contributed by atoms with E-state index in [0.717, 1.165) is 29.4 Å². The van der Waals surface area contributed by atoms with Crippen molar-refractivity contribution in [2.75, 3.05) is 11.8 Å². The number of aromatic nitrogens is 6. The van der Waals surface area contributed by atoms with Gasteiger partial charge in [0.15, 0.2) is 0 Å². The van der Waals surface area contributed by atoms with E-state index < -0.39 is 15.8 Å². The van der Waals surface area contributed by atoms with Gasteiger partial charge in [-0.1, -0.05) is 6.07 Å². The summed E-state index contributed by atoms with van der Waals surface area (Å²) in [5.74, 6) is -0.425. The molecule has 0 atom stereocenters. The summed E-state index contributed by atoms with van der Waals surface area (Å²) in [6.45, 7) is 1.96. The van der Waals surface area contributed by atoms with Gasteiger partial charge in [-0.05, 0) is 60.2 Å². The number of methoxy groups -OCH3 is 1. The van der Waals surface area contributed by atoms with Gasteiger partial charge >= 0.3 is 0 Å². The molecule has 0 radical (unpaired) electrons. The minimum Gasteiger partial charge on any atom is -0.495 e. The summed E-state index contributed by atoms with van der Waals surface area (Å²) >= 11 is 0. The maximum atomic E-state index is 14.3. The van der Waals surface area contributed by atoms with Gasteiger partial charge in [-0.25, -0.2) is 17.8 Å². The fourth-order valence-corrected chi connectivity index (χ4v) is 4.65. The van der Waals surface area contributed by atoms with Crippen molar-refractivity contribution in [1.82, 2.24) is 30.0 Å². The molecule has 0 saturated carbocycles. The molecule has 0 amide bonds. The standard InChI is InChI=1S/C22H18FN7O3S/c1-13-4-3-9-30-12-19(24-22(13)30)14-5-8-20(33-2)18(10-14)27-34(31,32)15-6-7-17(23)16(11-15)21-25-28-29-26-21/h3-12,27H,1-2H3,(H,25,26,28,29). The first-order valence-electron chi connectivity index (χ1n) is 10.0. The van der Waals surface area contributed by atoms with Gasteiger partial charge < -0.3 is 9.14 Å². The van der Waals surface area contributed by atoms with Crippen LogP contribution in [0.2, 0.25) is 0 Å². The molecule has 0 bridgehead atoms.